The number of carbonyl (C=O) groups is 3. The molecule has 1 spiro atoms. The first kappa shape index (κ1) is 26.0. The van der Waals surface area contributed by atoms with Crippen LogP contribution in [0.2, 0.25) is 0 Å². The molecule has 0 saturated carbocycles. The summed E-state index contributed by atoms with van der Waals surface area (Å²) in [4.78, 5) is 39.1. The summed E-state index contributed by atoms with van der Waals surface area (Å²) in [5, 5.41) is 2.30. The molecule has 0 aromatic heterocycles. The molecule has 0 radical (unpaired) electrons. The van der Waals surface area contributed by atoms with Gasteiger partial charge in [-0.25, -0.2) is 14.0 Å². The molecule has 12 heteroatoms. The number of nitrogens with zero attached hydrogens (tertiary/aromatic N) is 2. The number of ether oxygens (including phenoxy) is 5. The number of hydrogen-bond donors (Lipinski definition) is 1. The van der Waals surface area contributed by atoms with Gasteiger partial charge in [0.1, 0.15) is 24.6 Å². The standard InChI is InChI=1S/C24H32FN3O8/c1-23(2,3)36-21(30)26-13-20(29)32-15-17-14-28(22(31)35-17)16-4-5-19(18(25)12-16)27-8-6-24(7-9-27)33-10-11-34-24/h4-5,12,17H,6-11,13-15H2,1-3H3,(H,26,30)/t17-/m1/s1. The lowest BCUT2D eigenvalue weighted by atomic mass is 10.0. The lowest BCUT2D eigenvalue weighted by Gasteiger charge is -2.38. The van der Waals surface area contributed by atoms with E-state index in [-0.39, 0.29) is 19.7 Å². The SMILES string of the molecule is CC(C)(C)OC(=O)NCC(=O)OC[C@H]1CN(c2ccc(N3CCC4(CC3)OCCO4)c(F)c2)C(=O)O1. The maximum Gasteiger partial charge on any atom is 0.414 e. The maximum atomic E-state index is 15.0. The van der Waals surface area contributed by atoms with Crippen LogP contribution in [0.15, 0.2) is 18.2 Å². The number of cyclic esters (lactones) is 1. The molecule has 3 heterocycles. The lowest BCUT2D eigenvalue weighted by Crippen LogP contribution is -2.45. The Labute approximate surface area is 208 Å². The zero-order chi connectivity index (χ0) is 25.9. The fourth-order valence-electron chi connectivity index (χ4n) is 4.31. The second-order valence-corrected chi connectivity index (χ2v) is 9.89. The summed E-state index contributed by atoms with van der Waals surface area (Å²) in [6, 6.07) is 4.59. The molecular weight excluding hydrogens is 477 g/mol. The summed E-state index contributed by atoms with van der Waals surface area (Å²) in [7, 11) is 0. The smallest absolute Gasteiger partial charge is 0.414 e. The van der Waals surface area contributed by atoms with Gasteiger partial charge in [-0.2, -0.15) is 0 Å². The summed E-state index contributed by atoms with van der Waals surface area (Å²) in [5.41, 5.74) is 0.100. The van der Waals surface area contributed by atoms with Crippen molar-refractivity contribution in [3.8, 4) is 0 Å². The molecule has 0 aliphatic carbocycles. The zero-order valence-corrected chi connectivity index (χ0v) is 20.7. The van der Waals surface area contributed by atoms with Crippen LogP contribution in [0, 0.1) is 5.82 Å². The predicted molar refractivity (Wildman–Crippen MR) is 125 cm³/mol. The highest BCUT2D eigenvalue weighted by Gasteiger charge is 2.40. The largest absolute Gasteiger partial charge is 0.460 e. The Morgan fingerprint density at radius 1 is 1.19 bits per heavy atom. The number of anilines is 2. The Hall–Kier alpha value is -3.12. The van der Waals surface area contributed by atoms with Gasteiger partial charge in [0, 0.05) is 25.9 Å². The van der Waals surface area contributed by atoms with Crippen LogP contribution >= 0.6 is 0 Å². The molecule has 1 aromatic carbocycles. The maximum absolute atomic E-state index is 15.0. The van der Waals surface area contributed by atoms with Gasteiger partial charge < -0.3 is 33.9 Å². The third kappa shape index (κ3) is 6.35. The lowest BCUT2D eigenvalue weighted by molar-refractivity contribution is -0.169. The van der Waals surface area contributed by atoms with E-state index in [9.17, 15) is 18.8 Å². The van der Waals surface area contributed by atoms with Crippen LogP contribution in [-0.2, 0) is 28.5 Å². The normalized spacial score (nSPS) is 21.4. The van der Waals surface area contributed by atoms with Crippen LogP contribution in [0.5, 0.6) is 0 Å². The van der Waals surface area contributed by atoms with Gasteiger partial charge in [-0.1, -0.05) is 0 Å². The van der Waals surface area contributed by atoms with Crippen molar-refractivity contribution in [2.45, 2.75) is 51.1 Å². The third-order valence-electron chi connectivity index (χ3n) is 6.00. The molecule has 3 aliphatic heterocycles. The monoisotopic (exact) mass is 509 g/mol. The van der Waals surface area contributed by atoms with E-state index < -0.39 is 41.5 Å². The van der Waals surface area contributed by atoms with E-state index in [4.69, 9.17) is 23.7 Å². The van der Waals surface area contributed by atoms with Crippen LogP contribution in [0.1, 0.15) is 33.6 Å². The molecule has 36 heavy (non-hydrogen) atoms. The average molecular weight is 510 g/mol. The highest BCUT2D eigenvalue weighted by atomic mass is 19.1. The molecule has 1 aromatic rings. The number of hydrogen-bond acceptors (Lipinski definition) is 9. The summed E-state index contributed by atoms with van der Waals surface area (Å²) < 4.78 is 41.8. The van der Waals surface area contributed by atoms with Crippen molar-refractivity contribution in [1.82, 2.24) is 5.32 Å². The number of alkyl carbamates (subject to hydrolysis) is 1. The number of amides is 2. The zero-order valence-electron chi connectivity index (χ0n) is 20.7. The second kappa shape index (κ2) is 10.5. The number of nitrogens with one attached hydrogen (secondary N) is 1. The molecule has 0 unspecified atom stereocenters. The summed E-state index contributed by atoms with van der Waals surface area (Å²) in [6.07, 6.45) is -0.825. The topological polar surface area (TPSA) is 116 Å². The van der Waals surface area contributed by atoms with Crippen LogP contribution in [0.4, 0.5) is 25.4 Å². The molecule has 11 nitrogen and oxygen atoms in total. The van der Waals surface area contributed by atoms with E-state index in [0.29, 0.717) is 50.5 Å². The van der Waals surface area contributed by atoms with Crippen LogP contribution in [-0.4, -0.2) is 81.6 Å². The van der Waals surface area contributed by atoms with Gasteiger partial charge in [0.2, 0.25) is 0 Å². The number of esters is 1. The van der Waals surface area contributed by atoms with Crippen molar-refractivity contribution in [3.63, 3.8) is 0 Å². The molecule has 2 amide bonds. The van der Waals surface area contributed by atoms with Crippen LogP contribution in [0.3, 0.4) is 0 Å². The van der Waals surface area contributed by atoms with Gasteiger partial charge in [0.05, 0.1) is 31.1 Å². The minimum absolute atomic E-state index is 0.0886. The Kier molecular flexibility index (Phi) is 7.55. The number of rotatable bonds is 6. The highest BCUT2D eigenvalue weighted by Crippen LogP contribution is 2.35. The van der Waals surface area contributed by atoms with Crippen molar-refractivity contribution in [2.24, 2.45) is 0 Å². The summed E-state index contributed by atoms with van der Waals surface area (Å²) in [5.74, 6) is -1.70. The van der Waals surface area contributed by atoms with Gasteiger partial charge in [-0.15, -0.1) is 0 Å². The fraction of sp³-hybridized carbons (Fsp3) is 0.625. The Morgan fingerprint density at radius 3 is 2.53 bits per heavy atom. The van der Waals surface area contributed by atoms with Crippen molar-refractivity contribution in [3.05, 3.63) is 24.0 Å². The Balaban J connectivity index is 1.25. The van der Waals surface area contributed by atoms with Crippen LogP contribution < -0.4 is 15.1 Å². The van der Waals surface area contributed by atoms with E-state index >= 15 is 0 Å². The first-order chi connectivity index (χ1) is 17.0. The van der Waals surface area contributed by atoms with E-state index in [2.05, 4.69) is 5.32 Å². The summed E-state index contributed by atoms with van der Waals surface area (Å²) in [6.45, 7) is 6.97. The van der Waals surface area contributed by atoms with Gasteiger partial charge in [-0.05, 0) is 39.0 Å². The van der Waals surface area contributed by atoms with Crippen molar-refractivity contribution >= 4 is 29.5 Å². The average Bonchev–Trinajstić information content (AvgIpc) is 3.42. The van der Waals surface area contributed by atoms with Crippen molar-refractivity contribution in [1.29, 1.82) is 0 Å². The van der Waals surface area contributed by atoms with Gasteiger partial charge >= 0.3 is 18.2 Å². The number of benzene rings is 1. The second-order valence-electron chi connectivity index (χ2n) is 9.89. The van der Waals surface area contributed by atoms with E-state index in [1.807, 2.05) is 4.90 Å². The molecule has 4 rings (SSSR count). The van der Waals surface area contributed by atoms with Crippen molar-refractivity contribution < 1.29 is 42.5 Å². The Morgan fingerprint density at radius 2 is 1.89 bits per heavy atom. The molecule has 3 fully saturated rings. The molecular formula is C24H32FN3O8. The Bertz CT molecular complexity index is 982. The fourth-order valence-corrected chi connectivity index (χ4v) is 4.31. The molecule has 0 bridgehead atoms. The highest BCUT2D eigenvalue weighted by molar-refractivity contribution is 5.90. The molecule has 198 valence electrons. The van der Waals surface area contributed by atoms with Gasteiger partial charge in [-0.3, -0.25) is 9.69 Å². The number of carbonyl (C=O) groups excluding carboxylic acids is 3. The molecule has 3 aliphatic rings. The third-order valence-corrected chi connectivity index (χ3v) is 6.00. The first-order valence-electron chi connectivity index (χ1n) is 12.0. The van der Waals surface area contributed by atoms with Gasteiger partial charge in [0.25, 0.3) is 0 Å². The minimum atomic E-state index is -0.743. The van der Waals surface area contributed by atoms with E-state index in [0.717, 1.165) is 0 Å². The van der Waals surface area contributed by atoms with Crippen LogP contribution in [0.25, 0.3) is 0 Å². The number of halogens is 1. The first-order valence-corrected chi connectivity index (χ1v) is 12.0. The minimum Gasteiger partial charge on any atom is -0.460 e. The molecule has 1 N–H and O–H groups in total. The molecule has 3 saturated heterocycles. The molecule has 1 atom stereocenters. The predicted octanol–water partition coefficient (Wildman–Crippen LogP) is 2.56. The summed E-state index contributed by atoms with van der Waals surface area (Å²) >= 11 is 0. The van der Waals surface area contributed by atoms with E-state index in [1.165, 1.54) is 11.0 Å². The van der Waals surface area contributed by atoms with Crippen molar-refractivity contribution in [2.75, 3.05) is 55.8 Å². The quantitative estimate of drug-likeness (QED) is 0.456. The number of piperidine rings is 1. The van der Waals surface area contributed by atoms with Gasteiger partial charge in [0.15, 0.2) is 11.9 Å². The van der Waals surface area contributed by atoms with E-state index in [1.54, 1.807) is 32.9 Å².